The van der Waals surface area contributed by atoms with Gasteiger partial charge in [-0.05, 0) is 37.7 Å². The van der Waals surface area contributed by atoms with Crippen LogP contribution in [0.3, 0.4) is 0 Å². The second kappa shape index (κ2) is 8.57. The van der Waals surface area contributed by atoms with Crippen molar-refractivity contribution >= 4 is 5.91 Å². The van der Waals surface area contributed by atoms with Gasteiger partial charge in [-0.1, -0.05) is 35.5 Å². The average molecular weight is 394 g/mol. The molecule has 8 nitrogen and oxygen atoms in total. The van der Waals surface area contributed by atoms with Crippen LogP contribution < -0.4 is 11.1 Å². The summed E-state index contributed by atoms with van der Waals surface area (Å²) in [4.78, 5) is 17.2. The number of hydrogen-bond donors (Lipinski definition) is 2. The summed E-state index contributed by atoms with van der Waals surface area (Å²) in [7, 11) is 0. The van der Waals surface area contributed by atoms with Crippen molar-refractivity contribution in [1.82, 2.24) is 25.2 Å². The van der Waals surface area contributed by atoms with Gasteiger partial charge in [-0.3, -0.25) is 4.79 Å². The topological polar surface area (TPSA) is 112 Å². The molecule has 29 heavy (non-hydrogen) atoms. The van der Waals surface area contributed by atoms with Crippen molar-refractivity contribution in [2.45, 2.75) is 51.7 Å². The van der Waals surface area contributed by atoms with Crippen molar-refractivity contribution in [3.63, 3.8) is 0 Å². The molecule has 1 amide bonds. The molecule has 1 aliphatic rings. The van der Waals surface area contributed by atoms with Gasteiger partial charge in [0.2, 0.25) is 5.91 Å². The number of hydrogen-bond acceptors (Lipinski definition) is 6. The highest BCUT2D eigenvalue weighted by molar-refractivity contribution is 5.75. The Morgan fingerprint density at radius 3 is 2.83 bits per heavy atom. The molecule has 3 aromatic rings. The van der Waals surface area contributed by atoms with Gasteiger partial charge in [0.1, 0.15) is 23.8 Å². The number of amides is 1. The van der Waals surface area contributed by atoms with Crippen LogP contribution in [-0.2, 0) is 30.7 Å². The standard InChI is InChI=1S/C21H26N6O2/c1-14-9-17(26-29-14)12-23-20(28)13-27-21(24-19(25-27)11-16-7-8-16)18(22)10-15-5-3-2-4-6-15/h2-6,9,16,18H,7-8,10-13,22H2,1H3,(H,23,28)/t18-/m1/s1. The van der Waals surface area contributed by atoms with Crippen molar-refractivity contribution in [2.24, 2.45) is 11.7 Å². The predicted molar refractivity (Wildman–Crippen MR) is 107 cm³/mol. The molecule has 0 spiro atoms. The largest absolute Gasteiger partial charge is 0.361 e. The van der Waals surface area contributed by atoms with E-state index in [0.717, 1.165) is 17.8 Å². The zero-order valence-corrected chi connectivity index (χ0v) is 16.5. The molecule has 1 aliphatic carbocycles. The Morgan fingerprint density at radius 1 is 1.34 bits per heavy atom. The maximum atomic E-state index is 12.5. The minimum absolute atomic E-state index is 0.0757. The first-order chi connectivity index (χ1) is 14.1. The van der Waals surface area contributed by atoms with E-state index in [2.05, 4.69) is 20.6 Å². The molecule has 1 saturated carbocycles. The Hall–Kier alpha value is -3.00. The molecule has 4 rings (SSSR count). The van der Waals surface area contributed by atoms with Gasteiger partial charge in [0.15, 0.2) is 5.82 Å². The molecule has 3 N–H and O–H groups in total. The maximum Gasteiger partial charge on any atom is 0.242 e. The van der Waals surface area contributed by atoms with E-state index in [0.29, 0.717) is 36.2 Å². The molecule has 1 atom stereocenters. The fourth-order valence-corrected chi connectivity index (χ4v) is 3.30. The summed E-state index contributed by atoms with van der Waals surface area (Å²) in [6, 6.07) is 11.5. The molecule has 2 heterocycles. The molecule has 0 bridgehead atoms. The van der Waals surface area contributed by atoms with Crippen LogP contribution in [0.5, 0.6) is 0 Å². The summed E-state index contributed by atoms with van der Waals surface area (Å²) >= 11 is 0. The van der Waals surface area contributed by atoms with E-state index in [9.17, 15) is 4.79 Å². The Balaban J connectivity index is 1.44. The van der Waals surface area contributed by atoms with Crippen LogP contribution in [0.4, 0.5) is 0 Å². The van der Waals surface area contributed by atoms with Crippen molar-refractivity contribution in [3.8, 4) is 0 Å². The van der Waals surface area contributed by atoms with E-state index >= 15 is 0 Å². The number of carbonyl (C=O) groups is 1. The lowest BCUT2D eigenvalue weighted by molar-refractivity contribution is -0.122. The van der Waals surface area contributed by atoms with Crippen LogP contribution in [0.2, 0.25) is 0 Å². The summed E-state index contributed by atoms with van der Waals surface area (Å²) < 4.78 is 6.67. The number of nitrogens with zero attached hydrogens (tertiary/aromatic N) is 4. The van der Waals surface area contributed by atoms with Crippen molar-refractivity contribution in [2.75, 3.05) is 0 Å². The average Bonchev–Trinajstić information content (AvgIpc) is 3.28. The minimum atomic E-state index is -0.330. The zero-order valence-electron chi connectivity index (χ0n) is 16.5. The van der Waals surface area contributed by atoms with Crippen LogP contribution in [0, 0.1) is 12.8 Å². The lowest BCUT2D eigenvalue weighted by Crippen LogP contribution is -2.30. The Bertz CT molecular complexity index is 961. The van der Waals surface area contributed by atoms with Gasteiger partial charge >= 0.3 is 0 Å². The third-order valence-corrected chi connectivity index (χ3v) is 4.98. The van der Waals surface area contributed by atoms with Crippen molar-refractivity contribution in [3.05, 3.63) is 65.1 Å². The quantitative estimate of drug-likeness (QED) is 0.575. The van der Waals surface area contributed by atoms with Crippen molar-refractivity contribution in [1.29, 1.82) is 0 Å². The van der Waals surface area contributed by atoms with E-state index in [1.165, 1.54) is 12.8 Å². The third kappa shape index (κ3) is 5.29. The number of rotatable bonds is 9. The lowest BCUT2D eigenvalue weighted by Gasteiger charge is -2.13. The van der Waals surface area contributed by atoms with E-state index in [1.807, 2.05) is 37.3 Å². The first-order valence-electron chi connectivity index (χ1n) is 9.99. The van der Waals surface area contributed by atoms with Gasteiger partial charge in [0, 0.05) is 12.5 Å². The van der Waals surface area contributed by atoms with E-state index in [-0.39, 0.29) is 18.5 Å². The highest BCUT2D eigenvalue weighted by atomic mass is 16.5. The van der Waals surface area contributed by atoms with Gasteiger partial charge in [-0.2, -0.15) is 5.10 Å². The summed E-state index contributed by atoms with van der Waals surface area (Å²) in [6.45, 7) is 2.20. The van der Waals surface area contributed by atoms with Gasteiger partial charge in [-0.15, -0.1) is 0 Å². The monoisotopic (exact) mass is 394 g/mol. The zero-order chi connectivity index (χ0) is 20.2. The Kier molecular flexibility index (Phi) is 5.71. The van der Waals surface area contributed by atoms with E-state index in [4.69, 9.17) is 10.3 Å². The summed E-state index contributed by atoms with van der Waals surface area (Å²) in [5.41, 5.74) is 8.27. The first kappa shape index (κ1) is 19.3. The second-order valence-corrected chi connectivity index (χ2v) is 7.69. The molecule has 0 saturated heterocycles. The van der Waals surface area contributed by atoms with Gasteiger partial charge < -0.3 is 15.6 Å². The highest BCUT2D eigenvalue weighted by Crippen LogP contribution is 2.32. The van der Waals surface area contributed by atoms with Gasteiger partial charge in [-0.25, -0.2) is 9.67 Å². The summed E-state index contributed by atoms with van der Waals surface area (Å²) in [5.74, 6) is 2.63. The molecule has 2 aromatic heterocycles. The fraction of sp³-hybridized carbons (Fsp3) is 0.429. The van der Waals surface area contributed by atoms with E-state index in [1.54, 1.807) is 10.7 Å². The van der Waals surface area contributed by atoms with Crippen LogP contribution in [0.1, 0.15) is 47.5 Å². The molecule has 8 heteroatoms. The van der Waals surface area contributed by atoms with Crippen LogP contribution in [0.15, 0.2) is 40.9 Å². The smallest absolute Gasteiger partial charge is 0.242 e. The molecule has 1 aromatic carbocycles. The van der Waals surface area contributed by atoms with Gasteiger partial charge in [0.05, 0.1) is 12.6 Å². The number of benzene rings is 1. The summed E-state index contributed by atoms with van der Waals surface area (Å²) in [6.07, 6.45) is 3.93. The molecule has 152 valence electrons. The molecule has 0 radical (unpaired) electrons. The van der Waals surface area contributed by atoms with Crippen molar-refractivity contribution < 1.29 is 9.32 Å². The number of nitrogens with two attached hydrogens (primary N) is 1. The predicted octanol–water partition coefficient (Wildman–Crippen LogP) is 2.09. The van der Waals surface area contributed by atoms with Gasteiger partial charge in [0.25, 0.3) is 0 Å². The third-order valence-electron chi connectivity index (χ3n) is 4.98. The molecule has 1 fully saturated rings. The number of aromatic nitrogens is 4. The van der Waals surface area contributed by atoms with Crippen LogP contribution >= 0.6 is 0 Å². The number of carbonyl (C=O) groups excluding carboxylic acids is 1. The number of aryl methyl sites for hydroxylation is 1. The molecule has 0 aliphatic heterocycles. The normalized spacial score (nSPS) is 14.7. The fourth-order valence-electron chi connectivity index (χ4n) is 3.30. The lowest BCUT2D eigenvalue weighted by atomic mass is 10.1. The molecular formula is C21H26N6O2. The Morgan fingerprint density at radius 2 is 2.14 bits per heavy atom. The minimum Gasteiger partial charge on any atom is -0.361 e. The van der Waals surface area contributed by atoms with E-state index < -0.39 is 0 Å². The Labute approximate surface area is 169 Å². The summed E-state index contributed by atoms with van der Waals surface area (Å²) in [5, 5.41) is 11.3. The first-order valence-corrected chi connectivity index (χ1v) is 9.99. The van der Waals surface area contributed by atoms with Crippen LogP contribution in [0.25, 0.3) is 0 Å². The number of nitrogens with one attached hydrogen (secondary N) is 1. The second-order valence-electron chi connectivity index (χ2n) is 7.69. The SMILES string of the molecule is Cc1cc(CNC(=O)Cn2nc(CC3CC3)nc2[C@H](N)Cc2ccccc2)no1. The molecule has 0 unspecified atom stereocenters. The maximum absolute atomic E-state index is 12.5. The molecular weight excluding hydrogens is 368 g/mol. The van der Waals surface area contributed by atoms with Crippen LogP contribution in [-0.4, -0.2) is 25.8 Å². The highest BCUT2D eigenvalue weighted by Gasteiger charge is 2.26.